The summed E-state index contributed by atoms with van der Waals surface area (Å²) < 4.78 is 33.9. The first-order valence-corrected chi connectivity index (χ1v) is 15.2. The molecule has 0 aromatic heterocycles. The first-order chi connectivity index (χ1) is 19.1. The number of benzene rings is 3. The average Bonchev–Trinajstić information content (AvgIpc) is 2.90. The molecule has 1 N–H and O–H groups in total. The van der Waals surface area contributed by atoms with E-state index in [1.165, 1.54) is 60.5 Å². The van der Waals surface area contributed by atoms with E-state index < -0.39 is 40.0 Å². The number of nitrogens with one attached hydrogen (secondary N) is 1. The Bertz CT molecular complexity index is 1470. The van der Waals surface area contributed by atoms with Gasteiger partial charge in [0.2, 0.25) is 11.8 Å². The van der Waals surface area contributed by atoms with Gasteiger partial charge in [0.1, 0.15) is 18.3 Å². The van der Waals surface area contributed by atoms with E-state index in [0.717, 1.165) is 4.31 Å². The van der Waals surface area contributed by atoms with Gasteiger partial charge in [-0.1, -0.05) is 40.9 Å². The number of rotatable bonds is 10. The third-order valence-corrected chi connectivity index (χ3v) is 8.84. The Kier molecular flexibility index (Phi) is 10.6. The zero-order chi connectivity index (χ0) is 30.5. The lowest BCUT2D eigenvalue weighted by atomic mass is 10.1. The maximum Gasteiger partial charge on any atom is 0.264 e. The Balaban J connectivity index is 2.07. The SMILES string of the molecule is COc1ccc(S(=O)(=O)N(CC(=O)N(Cc2c(Cl)cccc2Cl)[C@@H](C)C(=O)NC(C)(C)C)c2ccc(Cl)cc2)cc1. The van der Waals surface area contributed by atoms with E-state index in [-0.39, 0.29) is 17.1 Å². The molecule has 41 heavy (non-hydrogen) atoms. The summed E-state index contributed by atoms with van der Waals surface area (Å²) in [6.45, 7) is 6.27. The van der Waals surface area contributed by atoms with Crippen molar-refractivity contribution in [2.45, 2.75) is 50.7 Å². The fourth-order valence-corrected chi connectivity index (χ4v) is 5.98. The van der Waals surface area contributed by atoms with Gasteiger partial charge in [0, 0.05) is 32.7 Å². The van der Waals surface area contributed by atoms with Gasteiger partial charge in [-0.3, -0.25) is 13.9 Å². The van der Waals surface area contributed by atoms with Gasteiger partial charge in [-0.05, 0) is 88.4 Å². The Morgan fingerprint density at radius 3 is 2.00 bits per heavy atom. The third kappa shape index (κ3) is 8.29. The van der Waals surface area contributed by atoms with Crippen molar-refractivity contribution in [1.29, 1.82) is 0 Å². The van der Waals surface area contributed by atoms with Crippen molar-refractivity contribution in [1.82, 2.24) is 10.2 Å². The zero-order valence-corrected chi connectivity index (χ0v) is 26.4. The predicted molar refractivity (Wildman–Crippen MR) is 163 cm³/mol. The van der Waals surface area contributed by atoms with E-state index >= 15 is 0 Å². The topological polar surface area (TPSA) is 96.0 Å². The normalized spacial score (nSPS) is 12.4. The Morgan fingerprint density at radius 2 is 1.49 bits per heavy atom. The van der Waals surface area contributed by atoms with Crippen molar-refractivity contribution in [3.63, 3.8) is 0 Å². The number of methoxy groups -OCH3 is 1. The van der Waals surface area contributed by atoms with Crippen molar-refractivity contribution in [3.8, 4) is 5.75 Å². The molecule has 220 valence electrons. The molecule has 3 aromatic rings. The quantitative estimate of drug-likeness (QED) is 0.286. The van der Waals surface area contributed by atoms with Gasteiger partial charge in [-0.15, -0.1) is 0 Å². The van der Waals surface area contributed by atoms with Gasteiger partial charge in [0.05, 0.1) is 17.7 Å². The molecular weight excluding hydrogens is 609 g/mol. The number of ether oxygens (including phenoxy) is 1. The molecule has 0 heterocycles. The lowest BCUT2D eigenvalue weighted by Crippen LogP contribution is -2.54. The van der Waals surface area contributed by atoms with Crippen LogP contribution >= 0.6 is 34.8 Å². The number of hydrogen-bond donors (Lipinski definition) is 1. The first-order valence-electron chi connectivity index (χ1n) is 12.6. The molecule has 0 radical (unpaired) electrons. The summed E-state index contributed by atoms with van der Waals surface area (Å²) in [4.78, 5) is 28.4. The number of hydrogen-bond acceptors (Lipinski definition) is 5. The second-order valence-corrected chi connectivity index (χ2v) is 13.4. The van der Waals surface area contributed by atoms with Crippen LogP contribution in [0.15, 0.2) is 71.6 Å². The summed E-state index contributed by atoms with van der Waals surface area (Å²) in [7, 11) is -2.78. The van der Waals surface area contributed by atoms with E-state index in [2.05, 4.69) is 5.32 Å². The molecule has 0 aliphatic rings. The van der Waals surface area contributed by atoms with Crippen molar-refractivity contribution in [2.75, 3.05) is 18.0 Å². The minimum Gasteiger partial charge on any atom is -0.497 e. The van der Waals surface area contributed by atoms with Gasteiger partial charge in [-0.25, -0.2) is 8.42 Å². The van der Waals surface area contributed by atoms with Crippen LogP contribution in [-0.4, -0.2) is 50.4 Å². The molecule has 12 heteroatoms. The van der Waals surface area contributed by atoms with Gasteiger partial charge < -0.3 is 15.0 Å². The molecule has 0 spiro atoms. The highest BCUT2D eigenvalue weighted by Crippen LogP contribution is 2.29. The fraction of sp³-hybridized carbons (Fsp3) is 0.310. The molecule has 0 saturated carbocycles. The highest BCUT2D eigenvalue weighted by Gasteiger charge is 2.34. The van der Waals surface area contributed by atoms with Crippen LogP contribution in [0.3, 0.4) is 0 Å². The number of sulfonamides is 1. The lowest BCUT2D eigenvalue weighted by Gasteiger charge is -2.33. The summed E-state index contributed by atoms with van der Waals surface area (Å²) >= 11 is 18.9. The molecular formula is C29H32Cl3N3O5S. The van der Waals surface area contributed by atoms with Crippen LogP contribution in [0.25, 0.3) is 0 Å². The molecule has 3 aromatic carbocycles. The van der Waals surface area contributed by atoms with Crippen LogP contribution in [0.4, 0.5) is 5.69 Å². The van der Waals surface area contributed by atoms with Gasteiger partial charge in [0.25, 0.3) is 10.0 Å². The van der Waals surface area contributed by atoms with Crippen LogP contribution in [0.1, 0.15) is 33.3 Å². The molecule has 2 amide bonds. The van der Waals surface area contributed by atoms with Gasteiger partial charge in [0.15, 0.2) is 0 Å². The molecule has 8 nitrogen and oxygen atoms in total. The number of amides is 2. The minimum absolute atomic E-state index is 0.0553. The molecule has 1 atom stereocenters. The van der Waals surface area contributed by atoms with E-state index in [4.69, 9.17) is 39.5 Å². The number of anilines is 1. The molecule has 0 saturated heterocycles. The molecule has 0 aliphatic carbocycles. The summed E-state index contributed by atoms with van der Waals surface area (Å²) in [6.07, 6.45) is 0. The molecule has 0 fully saturated rings. The fourth-order valence-electron chi connectivity index (χ4n) is 3.92. The van der Waals surface area contributed by atoms with Gasteiger partial charge >= 0.3 is 0 Å². The standard InChI is InChI=1S/C29H32Cl3N3O5S/c1-19(28(37)33-29(2,3)4)34(17-24-25(31)7-6-8-26(24)32)27(36)18-35(21-11-9-20(30)10-12-21)41(38,39)23-15-13-22(40-5)14-16-23/h6-16,19H,17-18H2,1-5H3,(H,33,37)/t19-/m0/s1. The lowest BCUT2D eigenvalue weighted by molar-refractivity contribution is -0.140. The summed E-state index contributed by atoms with van der Waals surface area (Å²) in [6, 6.07) is 15.8. The van der Waals surface area contributed by atoms with Crippen molar-refractivity contribution in [3.05, 3.63) is 87.4 Å². The summed E-state index contributed by atoms with van der Waals surface area (Å²) in [5.74, 6) is -0.603. The van der Waals surface area contributed by atoms with Gasteiger partial charge in [-0.2, -0.15) is 0 Å². The highest BCUT2D eigenvalue weighted by atomic mass is 35.5. The average molecular weight is 641 g/mol. The molecule has 3 rings (SSSR count). The van der Waals surface area contributed by atoms with Crippen molar-refractivity contribution >= 4 is 62.3 Å². The monoisotopic (exact) mass is 639 g/mol. The van der Waals surface area contributed by atoms with Crippen LogP contribution in [0.2, 0.25) is 15.1 Å². The smallest absolute Gasteiger partial charge is 0.264 e. The maximum absolute atomic E-state index is 14.0. The summed E-state index contributed by atoms with van der Waals surface area (Å²) in [5, 5.41) is 3.87. The van der Waals surface area contributed by atoms with E-state index in [1.54, 1.807) is 25.1 Å². The Morgan fingerprint density at radius 1 is 0.927 bits per heavy atom. The largest absolute Gasteiger partial charge is 0.497 e. The second kappa shape index (κ2) is 13.3. The minimum atomic E-state index is -4.25. The maximum atomic E-state index is 14.0. The Hall–Kier alpha value is -2.98. The van der Waals surface area contributed by atoms with E-state index in [0.29, 0.717) is 26.4 Å². The zero-order valence-electron chi connectivity index (χ0n) is 23.3. The van der Waals surface area contributed by atoms with Crippen molar-refractivity contribution < 1.29 is 22.7 Å². The summed E-state index contributed by atoms with van der Waals surface area (Å²) in [5.41, 5.74) is 0.0616. The van der Waals surface area contributed by atoms with E-state index in [1.807, 2.05) is 20.8 Å². The number of halogens is 3. The predicted octanol–water partition coefficient (Wildman–Crippen LogP) is 6.18. The number of carbonyl (C=O) groups excluding carboxylic acids is 2. The third-order valence-electron chi connectivity index (χ3n) is 6.10. The van der Waals surface area contributed by atoms with Crippen LogP contribution < -0.4 is 14.4 Å². The molecule has 0 unspecified atom stereocenters. The molecule has 0 bridgehead atoms. The number of nitrogens with zero attached hydrogens (tertiary/aromatic N) is 2. The second-order valence-electron chi connectivity index (χ2n) is 10.3. The van der Waals surface area contributed by atoms with Crippen LogP contribution in [-0.2, 0) is 26.2 Å². The highest BCUT2D eigenvalue weighted by molar-refractivity contribution is 7.92. The first kappa shape index (κ1) is 32.5. The van der Waals surface area contributed by atoms with Crippen LogP contribution in [0.5, 0.6) is 5.75 Å². The number of carbonyl (C=O) groups is 2. The van der Waals surface area contributed by atoms with Crippen molar-refractivity contribution in [2.24, 2.45) is 0 Å². The Labute approximate surface area is 256 Å². The van der Waals surface area contributed by atoms with Crippen LogP contribution in [0, 0.1) is 0 Å². The van der Waals surface area contributed by atoms with E-state index in [9.17, 15) is 18.0 Å². The molecule has 0 aliphatic heterocycles.